The first-order chi connectivity index (χ1) is 27.6. The van der Waals surface area contributed by atoms with Crippen LogP contribution < -0.4 is 0 Å². The Hall–Kier alpha value is -6.85. The van der Waals surface area contributed by atoms with Crippen LogP contribution in [0.5, 0.6) is 0 Å². The van der Waals surface area contributed by atoms with Gasteiger partial charge in [-0.3, -0.25) is 0 Å². The van der Waals surface area contributed by atoms with Gasteiger partial charge in [-0.15, -0.1) is 22.7 Å². The first-order valence-corrected chi connectivity index (χ1v) is 19.9. The Morgan fingerprint density at radius 2 is 0.964 bits per heavy atom. The number of halogens is 2. The van der Waals surface area contributed by atoms with E-state index >= 15 is 8.78 Å². The summed E-state index contributed by atoms with van der Waals surface area (Å²) in [5.74, 6) is -1.37. The molecule has 4 heterocycles. The number of benzene rings is 8. The van der Waals surface area contributed by atoms with Gasteiger partial charge < -0.3 is 9.13 Å². The normalized spacial score (nSPS) is 12.1. The van der Waals surface area contributed by atoms with Gasteiger partial charge in [-0.25, -0.2) is 8.78 Å². The van der Waals surface area contributed by atoms with Crippen LogP contribution in [-0.2, 0) is 0 Å². The summed E-state index contributed by atoms with van der Waals surface area (Å²) < 4.78 is 39.4. The fourth-order valence-corrected chi connectivity index (χ4v) is 11.3. The number of nitriles is 1. The van der Waals surface area contributed by atoms with Gasteiger partial charge in [0, 0.05) is 73.5 Å². The van der Waals surface area contributed by atoms with Crippen molar-refractivity contribution in [3.8, 4) is 28.6 Å². The van der Waals surface area contributed by atoms with Crippen molar-refractivity contribution in [1.29, 1.82) is 5.26 Å². The minimum absolute atomic E-state index is 0.349. The molecule has 0 saturated carbocycles. The quantitative estimate of drug-likeness (QED) is 0.177. The Labute approximate surface area is 325 Å². The van der Waals surface area contributed by atoms with Crippen molar-refractivity contribution in [2.24, 2.45) is 0 Å². The molecule has 3 nitrogen and oxygen atoms in total. The maximum atomic E-state index is 15.2. The average molecular weight is 758 g/mol. The molecule has 56 heavy (non-hydrogen) atoms. The number of fused-ring (bicyclic) bond motifs is 14. The number of nitrogens with zero attached hydrogens (tertiary/aromatic N) is 3. The van der Waals surface area contributed by atoms with E-state index in [0.29, 0.717) is 28.1 Å². The van der Waals surface area contributed by atoms with E-state index in [1.54, 1.807) is 22.7 Å². The van der Waals surface area contributed by atoms with E-state index in [4.69, 9.17) is 0 Å². The van der Waals surface area contributed by atoms with E-state index in [2.05, 4.69) is 118 Å². The van der Waals surface area contributed by atoms with Crippen LogP contribution in [0.25, 0.3) is 106 Å². The average Bonchev–Trinajstić information content (AvgIpc) is 3.97. The molecule has 0 saturated heterocycles. The Balaban J connectivity index is 1.32. The molecule has 0 unspecified atom stereocenters. The van der Waals surface area contributed by atoms with Gasteiger partial charge in [0.2, 0.25) is 0 Å². The second-order valence-electron chi connectivity index (χ2n) is 14.2. The molecule has 0 aliphatic rings. The van der Waals surface area contributed by atoms with Gasteiger partial charge >= 0.3 is 0 Å². The predicted molar refractivity (Wildman–Crippen MR) is 231 cm³/mol. The molecule has 0 aliphatic heterocycles. The second-order valence-corrected chi connectivity index (χ2v) is 16.4. The van der Waals surface area contributed by atoms with Gasteiger partial charge in [0.05, 0.1) is 33.4 Å². The highest BCUT2D eigenvalue weighted by Gasteiger charge is 2.27. The largest absolute Gasteiger partial charge is 0.307 e. The van der Waals surface area contributed by atoms with E-state index in [1.165, 1.54) is 16.8 Å². The molecule has 0 aliphatic carbocycles. The minimum atomic E-state index is -0.684. The molecule has 4 aromatic heterocycles. The molecule has 8 aromatic carbocycles. The lowest BCUT2D eigenvalue weighted by Crippen LogP contribution is -2.07. The van der Waals surface area contributed by atoms with E-state index < -0.39 is 11.6 Å². The van der Waals surface area contributed by atoms with Gasteiger partial charge in [0.25, 0.3) is 0 Å². The Morgan fingerprint density at radius 3 is 1.54 bits per heavy atom. The fraction of sp³-hybridized carbons (Fsp3) is 0. The lowest BCUT2D eigenvalue weighted by atomic mass is 9.97. The zero-order chi connectivity index (χ0) is 37.2. The van der Waals surface area contributed by atoms with E-state index in [1.807, 2.05) is 30.3 Å². The van der Waals surface area contributed by atoms with Crippen LogP contribution in [0.2, 0.25) is 0 Å². The predicted octanol–water partition coefficient (Wildman–Crippen LogP) is 14.4. The number of rotatable bonds is 3. The summed E-state index contributed by atoms with van der Waals surface area (Å²) in [6, 6.07) is 52.3. The van der Waals surface area contributed by atoms with Gasteiger partial charge in [-0.1, -0.05) is 91.0 Å². The monoisotopic (exact) mass is 757 g/mol. The van der Waals surface area contributed by atoms with Crippen LogP contribution in [-0.4, -0.2) is 9.13 Å². The topological polar surface area (TPSA) is 33.6 Å². The van der Waals surface area contributed by atoms with Crippen molar-refractivity contribution >= 4 is 107 Å². The number of hydrogen-bond acceptors (Lipinski definition) is 3. The molecule has 0 bridgehead atoms. The summed E-state index contributed by atoms with van der Waals surface area (Å²) in [7, 11) is 0. The minimum Gasteiger partial charge on any atom is -0.307 e. The third kappa shape index (κ3) is 4.23. The molecule has 7 heteroatoms. The maximum absolute atomic E-state index is 15.2. The first-order valence-electron chi connectivity index (χ1n) is 18.3. The molecule has 12 aromatic rings. The zero-order valence-corrected chi connectivity index (χ0v) is 31.0. The lowest BCUT2D eigenvalue weighted by molar-refractivity contribution is 0.584. The summed E-state index contributed by atoms with van der Waals surface area (Å²) in [5.41, 5.74) is 6.37. The van der Waals surface area contributed by atoms with Crippen LogP contribution in [0.1, 0.15) is 5.56 Å². The van der Waals surface area contributed by atoms with Gasteiger partial charge in [0.1, 0.15) is 23.3 Å². The Kier molecular flexibility index (Phi) is 6.51. The molecule has 0 N–H and O–H groups in total. The van der Waals surface area contributed by atoms with Crippen molar-refractivity contribution in [2.75, 3.05) is 0 Å². The van der Waals surface area contributed by atoms with Crippen LogP contribution in [0.4, 0.5) is 8.78 Å². The van der Waals surface area contributed by atoms with E-state index in [9.17, 15) is 5.26 Å². The molecule has 262 valence electrons. The summed E-state index contributed by atoms with van der Waals surface area (Å²) >= 11 is 3.49. The second kappa shape index (κ2) is 11.6. The number of para-hydroxylation sites is 2. The first kappa shape index (κ1) is 31.5. The molecular weight excluding hydrogens is 733 g/mol. The molecule has 0 atom stereocenters. The smallest absolute Gasteiger partial charge is 0.126 e. The van der Waals surface area contributed by atoms with E-state index in [-0.39, 0.29) is 0 Å². The van der Waals surface area contributed by atoms with Crippen LogP contribution >= 0.6 is 22.7 Å². The van der Waals surface area contributed by atoms with Crippen molar-refractivity contribution in [3.05, 3.63) is 169 Å². The van der Waals surface area contributed by atoms with Crippen molar-refractivity contribution < 1.29 is 8.78 Å². The summed E-state index contributed by atoms with van der Waals surface area (Å²) in [6.07, 6.45) is 0. The van der Waals surface area contributed by atoms with Crippen LogP contribution in [0.15, 0.2) is 152 Å². The number of thiophene rings is 2. The highest BCUT2D eigenvalue weighted by Crippen LogP contribution is 2.48. The summed E-state index contributed by atoms with van der Waals surface area (Å²) in [4.78, 5) is 0. The third-order valence-electron chi connectivity index (χ3n) is 11.3. The van der Waals surface area contributed by atoms with Gasteiger partial charge in [-0.05, 0) is 60.2 Å². The van der Waals surface area contributed by atoms with Crippen LogP contribution in [0.3, 0.4) is 0 Å². The van der Waals surface area contributed by atoms with Gasteiger partial charge in [0.15, 0.2) is 0 Å². The summed E-state index contributed by atoms with van der Waals surface area (Å²) in [5, 5.41) is 20.3. The summed E-state index contributed by atoms with van der Waals surface area (Å²) in [6.45, 7) is 0. The number of hydrogen-bond donors (Lipinski definition) is 0. The van der Waals surface area contributed by atoms with Crippen molar-refractivity contribution in [2.45, 2.75) is 0 Å². The maximum Gasteiger partial charge on any atom is 0.126 e. The molecule has 0 fully saturated rings. The SMILES string of the molecule is N#Cc1c(-n2c3ccccc3c3ccc4sc5ccccc5c4c32)ccc(-c2cc(F)cc(F)c2)c1-n1c2ccccc2c2ccc3sc4ccccc4c3c21. The van der Waals surface area contributed by atoms with Gasteiger partial charge in [-0.2, -0.15) is 5.26 Å². The van der Waals surface area contributed by atoms with Crippen molar-refractivity contribution in [1.82, 2.24) is 9.13 Å². The van der Waals surface area contributed by atoms with E-state index in [0.717, 1.165) is 85.3 Å². The third-order valence-corrected chi connectivity index (χ3v) is 13.5. The fourth-order valence-electron chi connectivity index (χ4n) is 9.06. The molecule has 0 amide bonds. The van der Waals surface area contributed by atoms with Crippen molar-refractivity contribution in [3.63, 3.8) is 0 Å². The molecular formula is C49H25F2N3S2. The molecule has 0 radical (unpaired) electrons. The molecule has 12 rings (SSSR count). The Morgan fingerprint density at radius 1 is 0.464 bits per heavy atom. The van der Waals surface area contributed by atoms with Crippen LogP contribution in [0, 0.1) is 23.0 Å². The zero-order valence-electron chi connectivity index (χ0n) is 29.3. The molecule has 0 spiro atoms. The highest BCUT2D eigenvalue weighted by molar-refractivity contribution is 7.26. The lowest BCUT2D eigenvalue weighted by Gasteiger charge is -2.20. The number of aromatic nitrogens is 2. The highest BCUT2D eigenvalue weighted by atomic mass is 32.1. The Bertz CT molecular complexity index is 3690. The standard InChI is InChI=1S/C49H25F2N3S2/c50-28-23-27(24-29(51)25-28)30-17-20-40(53-38-13-5-1-9-31(38)33-18-21-43-45(48(33)53)35-11-3-7-15-41(35)55-43)37(26-52)47(30)54-39-14-6-2-10-32(39)34-19-22-44-46(49(34)54)36-12-4-8-16-42(36)56-44/h1-25H.